The molecule has 0 saturated heterocycles. The van der Waals surface area contributed by atoms with Gasteiger partial charge in [0.05, 0.1) is 21.6 Å². The Morgan fingerprint density at radius 3 is 2.25 bits per heavy atom. The first-order valence-electron chi connectivity index (χ1n) is 9.45. The SMILES string of the molecule is CC([O-])=Nc1cccc(Nc2nc3ccccc3nc2NS(=O)(=O)c2ccc(Cl)cc2)c1. The van der Waals surface area contributed by atoms with Gasteiger partial charge in [-0.1, -0.05) is 29.8 Å². The molecule has 0 bridgehead atoms. The molecule has 0 aliphatic rings. The van der Waals surface area contributed by atoms with Gasteiger partial charge in [0.2, 0.25) is 0 Å². The molecule has 0 atom stereocenters. The van der Waals surface area contributed by atoms with Crippen LogP contribution in [0.2, 0.25) is 5.02 Å². The number of fused-ring (bicyclic) bond motifs is 1. The zero-order valence-corrected chi connectivity index (χ0v) is 18.4. The van der Waals surface area contributed by atoms with Gasteiger partial charge in [-0.25, -0.2) is 18.4 Å². The van der Waals surface area contributed by atoms with E-state index >= 15 is 0 Å². The van der Waals surface area contributed by atoms with Crippen molar-refractivity contribution >= 4 is 61.6 Å². The van der Waals surface area contributed by atoms with Gasteiger partial charge in [0.15, 0.2) is 11.6 Å². The van der Waals surface area contributed by atoms with Crippen LogP contribution < -0.4 is 15.1 Å². The van der Waals surface area contributed by atoms with Crippen molar-refractivity contribution in [2.45, 2.75) is 11.8 Å². The zero-order chi connectivity index (χ0) is 22.7. The Bertz CT molecular complexity index is 1420. The van der Waals surface area contributed by atoms with E-state index in [1.54, 1.807) is 42.5 Å². The number of aliphatic imine (C=N–C) groups is 1. The Hall–Kier alpha value is -3.69. The van der Waals surface area contributed by atoms with Gasteiger partial charge in [0, 0.05) is 10.7 Å². The van der Waals surface area contributed by atoms with Crippen molar-refractivity contribution in [2.24, 2.45) is 4.99 Å². The number of anilines is 3. The third-order valence-electron chi connectivity index (χ3n) is 4.32. The fourth-order valence-corrected chi connectivity index (χ4v) is 4.07. The Labute approximate surface area is 189 Å². The first-order chi connectivity index (χ1) is 15.3. The Kier molecular flexibility index (Phi) is 5.93. The number of nitrogens with one attached hydrogen (secondary N) is 2. The van der Waals surface area contributed by atoms with Gasteiger partial charge in [-0.2, -0.15) is 0 Å². The van der Waals surface area contributed by atoms with Gasteiger partial charge in [-0.3, -0.25) is 9.71 Å². The number of rotatable bonds is 6. The van der Waals surface area contributed by atoms with Crippen molar-refractivity contribution in [1.29, 1.82) is 0 Å². The van der Waals surface area contributed by atoms with Crippen molar-refractivity contribution in [2.75, 3.05) is 10.0 Å². The summed E-state index contributed by atoms with van der Waals surface area (Å²) < 4.78 is 28.4. The van der Waals surface area contributed by atoms with Crippen molar-refractivity contribution in [3.8, 4) is 0 Å². The molecule has 32 heavy (non-hydrogen) atoms. The van der Waals surface area contributed by atoms with Crippen LogP contribution in [0, 0.1) is 0 Å². The molecule has 1 heterocycles. The molecule has 2 N–H and O–H groups in total. The molecule has 0 spiro atoms. The molecule has 0 aliphatic heterocycles. The summed E-state index contributed by atoms with van der Waals surface area (Å²) in [4.78, 5) is 12.9. The summed E-state index contributed by atoms with van der Waals surface area (Å²) in [5.74, 6) is -0.113. The van der Waals surface area contributed by atoms with Crippen LogP contribution in [0.4, 0.5) is 23.0 Å². The number of hydrogen-bond acceptors (Lipinski definition) is 7. The van der Waals surface area contributed by atoms with Crippen LogP contribution in [-0.2, 0) is 10.0 Å². The minimum atomic E-state index is -3.95. The van der Waals surface area contributed by atoms with Gasteiger partial charge >= 0.3 is 0 Å². The van der Waals surface area contributed by atoms with E-state index in [1.165, 1.54) is 31.2 Å². The van der Waals surface area contributed by atoms with E-state index in [0.717, 1.165) is 0 Å². The highest BCUT2D eigenvalue weighted by atomic mass is 35.5. The summed E-state index contributed by atoms with van der Waals surface area (Å²) in [5, 5.41) is 14.8. The van der Waals surface area contributed by atoms with Gasteiger partial charge in [0.25, 0.3) is 10.0 Å². The molecule has 3 aromatic carbocycles. The summed E-state index contributed by atoms with van der Waals surface area (Å²) >= 11 is 5.87. The average molecular weight is 467 g/mol. The largest absolute Gasteiger partial charge is 0.862 e. The molecule has 1 aromatic heterocycles. The van der Waals surface area contributed by atoms with Crippen LogP contribution in [0.3, 0.4) is 0 Å². The number of para-hydroxylation sites is 2. The van der Waals surface area contributed by atoms with Crippen molar-refractivity contribution in [1.82, 2.24) is 9.97 Å². The number of hydrogen-bond donors (Lipinski definition) is 2. The maximum Gasteiger partial charge on any atom is 0.263 e. The molecular formula is C22H17ClN5O3S-. The summed E-state index contributed by atoms with van der Waals surface area (Å²) in [6, 6.07) is 19.7. The Morgan fingerprint density at radius 1 is 0.938 bits per heavy atom. The maximum atomic E-state index is 12.9. The molecule has 4 rings (SSSR count). The van der Waals surface area contributed by atoms with Crippen molar-refractivity contribution in [3.05, 3.63) is 77.8 Å². The van der Waals surface area contributed by atoms with Crippen molar-refractivity contribution in [3.63, 3.8) is 0 Å². The second-order valence-corrected chi connectivity index (χ2v) is 8.89. The van der Waals surface area contributed by atoms with E-state index in [9.17, 15) is 13.5 Å². The lowest BCUT2D eigenvalue weighted by molar-refractivity contribution is -0.215. The first kappa shape index (κ1) is 21.5. The van der Waals surface area contributed by atoms with Crippen molar-refractivity contribution < 1.29 is 13.5 Å². The van der Waals surface area contributed by atoms with Gasteiger partial charge < -0.3 is 10.4 Å². The molecule has 0 radical (unpaired) electrons. The maximum absolute atomic E-state index is 12.9. The lowest BCUT2D eigenvalue weighted by Gasteiger charge is -2.14. The van der Waals surface area contributed by atoms with Crippen LogP contribution in [0.25, 0.3) is 11.0 Å². The van der Waals surface area contributed by atoms with Gasteiger partial charge in [-0.15, -0.1) is 0 Å². The summed E-state index contributed by atoms with van der Waals surface area (Å²) in [6.45, 7) is 1.36. The van der Waals surface area contributed by atoms with E-state index < -0.39 is 10.0 Å². The number of halogens is 1. The van der Waals surface area contributed by atoms with Crippen LogP contribution in [0.5, 0.6) is 0 Å². The monoisotopic (exact) mass is 466 g/mol. The molecule has 0 aliphatic carbocycles. The number of nitrogens with zero attached hydrogens (tertiary/aromatic N) is 3. The fraction of sp³-hybridized carbons (Fsp3) is 0.0455. The fourth-order valence-electron chi connectivity index (χ4n) is 2.93. The molecule has 162 valence electrons. The van der Waals surface area contributed by atoms with Crippen LogP contribution in [-0.4, -0.2) is 24.3 Å². The normalized spacial score (nSPS) is 12.0. The van der Waals surface area contributed by atoms with E-state index in [1.807, 2.05) is 6.07 Å². The molecule has 0 amide bonds. The Morgan fingerprint density at radius 2 is 1.59 bits per heavy atom. The average Bonchev–Trinajstić information content (AvgIpc) is 2.74. The third kappa shape index (κ3) is 4.96. The predicted octanol–water partition coefficient (Wildman–Crippen LogP) is 4.24. The topological polar surface area (TPSA) is 119 Å². The van der Waals surface area contributed by atoms with Crippen LogP contribution in [0.15, 0.2) is 82.7 Å². The van der Waals surface area contributed by atoms with E-state index in [4.69, 9.17) is 11.6 Å². The minimum absolute atomic E-state index is 0.0209. The third-order valence-corrected chi connectivity index (χ3v) is 5.93. The van der Waals surface area contributed by atoms with E-state index in [0.29, 0.717) is 27.4 Å². The van der Waals surface area contributed by atoms with E-state index in [-0.39, 0.29) is 22.4 Å². The Balaban J connectivity index is 1.76. The smallest absolute Gasteiger partial charge is 0.263 e. The summed E-state index contributed by atoms with van der Waals surface area (Å²) in [6.07, 6.45) is 0. The highest BCUT2D eigenvalue weighted by Crippen LogP contribution is 2.28. The standard InChI is InChI=1S/C22H18ClN5O3S/c1-14(29)24-16-5-4-6-17(13-16)25-21-22(27-20-8-3-2-7-19(20)26-21)28-32(30,31)18-11-9-15(23)10-12-18/h2-13H,1H3,(H,24,29)(H,25,26)(H,27,28)/p-1. The van der Waals surface area contributed by atoms with Gasteiger partial charge in [-0.05, 0) is 67.4 Å². The quantitative estimate of drug-likeness (QED) is 0.324. The molecule has 4 aromatic rings. The van der Waals surface area contributed by atoms with Crippen LogP contribution in [0.1, 0.15) is 6.92 Å². The lowest BCUT2D eigenvalue weighted by atomic mass is 10.2. The first-order valence-corrected chi connectivity index (χ1v) is 11.3. The molecule has 8 nitrogen and oxygen atoms in total. The summed E-state index contributed by atoms with van der Waals surface area (Å²) in [5.41, 5.74) is 2.12. The highest BCUT2D eigenvalue weighted by molar-refractivity contribution is 7.92. The van der Waals surface area contributed by atoms with Crippen LogP contribution >= 0.6 is 11.6 Å². The second kappa shape index (κ2) is 8.81. The second-order valence-electron chi connectivity index (χ2n) is 6.78. The molecule has 0 unspecified atom stereocenters. The number of benzene rings is 3. The van der Waals surface area contributed by atoms with Gasteiger partial charge in [0.1, 0.15) is 0 Å². The number of aromatic nitrogens is 2. The molecule has 0 fully saturated rings. The zero-order valence-electron chi connectivity index (χ0n) is 16.8. The molecule has 10 heteroatoms. The molecular weight excluding hydrogens is 450 g/mol. The molecule has 0 saturated carbocycles. The summed E-state index contributed by atoms with van der Waals surface area (Å²) in [7, 11) is -3.95. The minimum Gasteiger partial charge on any atom is -0.862 e. The number of sulfonamides is 1. The van der Waals surface area contributed by atoms with E-state index in [2.05, 4.69) is 25.0 Å². The lowest BCUT2D eigenvalue weighted by Crippen LogP contribution is -2.16. The predicted molar refractivity (Wildman–Crippen MR) is 124 cm³/mol. The highest BCUT2D eigenvalue weighted by Gasteiger charge is 2.19.